The average molecular weight is 447 g/mol. The SMILES string of the molecule is CC(=O)N(CC(=O)N1CCc2sccc2[C@@H]1COc1cccc(F)c1)C[C@@H]1CCCO1. The molecule has 0 unspecified atom stereocenters. The van der Waals surface area contributed by atoms with Gasteiger partial charge in [-0.15, -0.1) is 11.3 Å². The molecule has 0 saturated carbocycles. The first kappa shape index (κ1) is 21.8. The second kappa shape index (κ2) is 9.78. The molecule has 1 fully saturated rings. The van der Waals surface area contributed by atoms with Crippen molar-refractivity contribution >= 4 is 23.2 Å². The fraction of sp³-hybridized carbons (Fsp3) is 0.478. The van der Waals surface area contributed by atoms with E-state index < -0.39 is 0 Å². The van der Waals surface area contributed by atoms with Crippen molar-refractivity contribution < 1.29 is 23.5 Å². The Kier molecular flexibility index (Phi) is 6.87. The van der Waals surface area contributed by atoms with Gasteiger partial charge in [-0.05, 0) is 48.4 Å². The normalized spacial score (nSPS) is 20.4. The van der Waals surface area contributed by atoms with Crippen molar-refractivity contribution in [1.82, 2.24) is 9.80 Å². The predicted molar refractivity (Wildman–Crippen MR) is 116 cm³/mol. The Balaban J connectivity index is 1.47. The number of hydrogen-bond donors (Lipinski definition) is 0. The van der Waals surface area contributed by atoms with E-state index in [1.54, 1.807) is 33.3 Å². The summed E-state index contributed by atoms with van der Waals surface area (Å²) in [6, 6.07) is 7.75. The Morgan fingerprint density at radius 1 is 1.35 bits per heavy atom. The summed E-state index contributed by atoms with van der Waals surface area (Å²) in [7, 11) is 0. The van der Waals surface area contributed by atoms with Gasteiger partial charge in [0.15, 0.2) is 0 Å². The Labute approximate surface area is 185 Å². The van der Waals surface area contributed by atoms with Crippen molar-refractivity contribution in [3.63, 3.8) is 0 Å². The molecule has 2 aliphatic heterocycles. The van der Waals surface area contributed by atoms with E-state index in [0.29, 0.717) is 25.4 Å². The van der Waals surface area contributed by atoms with Crippen LogP contribution in [-0.4, -0.2) is 60.6 Å². The number of halogens is 1. The molecule has 8 heteroatoms. The third kappa shape index (κ3) is 5.25. The van der Waals surface area contributed by atoms with Crippen molar-refractivity contribution in [3.8, 4) is 5.75 Å². The Morgan fingerprint density at radius 3 is 2.97 bits per heavy atom. The topological polar surface area (TPSA) is 59.1 Å². The molecule has 2 aromatic rings. The summed E-state index contributed by atoms with van der Waals surface area (Å²) >= 11 is 1.67. The van der Waals surface area contributed by atoms with Gasteiger partial charge in [0.25, 0.3) is 0 Å². The third-order valence-electron chi connectivity index (χ3n) is 5.84. The smallest absolute Gasteiger partial charge is 0.242 e. The lowest BCUT2D eigenvalue weighted by Gasteiger charge is -2.37. The van der Waals surface area contributed by atoms with Crippen LogP contribution in [0.4, 0.5) is 4.39 Å². The summed E-state index contributed by atoms with van der Waals surface area (Å²) in [5.74, 6) is -0.183. The largest absolute Gasteiger partial charge is 0.491 e. The molecular weight excluding hydrogens is 419 g/mol. The molecule has 0 spiro atoms. The molecule has 4 rings (SSSR count). The van der Waals surface area contributed by atoms with Crippen LogP contribution >= 0.6 is 11.3 Å². The molecule has 166 valence electrons. The van der Waals surface area contributed by atoms with Gasteiger partial charge in [-0.2, -0.15) is 0 Å². The molecule has 1 aromatic carbocycles. The molecule has 1 saturated heterocycles. The van der Waals surface area contributed by atoms with E-state index in [2.05, 4.69) is 0 Å². The molecule has 0 N–H and O–H groups in total. The summed E-state index contributed by atoms with van der Waals surface area (Å²) in [5, 5.41) is 2.02. The first-order valence-corrected chi connectivity index (χ1v) is 11.5. The van der Waals surface area contributed by atoms with E-state index in [4.69, 9.17) is 9.47 Å². The lowest BCUT2D eigenvalue weighted by molar-refractivity contribution is -0.142. The second-order valence-electron chi connectivity index (χ2n) is 7.95. The zero-order valence-electron chi connectivity index (χ0n) is 17.6. The van der Waals surface area contributed by atoms with Gasteiger partial charge in [0.05, 0.1) is 18.7 Å². The zero-order valence-corrected chi connectivity index (χ0v) is 18.4. The number of carbonyl (C=O) groups excluding carboxylic acids is 2. The van der Waals surface area contributed by atoms with Gasteiger partial charge in [0.1, 0.15) is 18.2 Å². The van der Waals surface area contributed by atoms with Gasteiger partial charge >= 0.3 is 0 Å². The number of rotatable bonds is 7. The number of benzene rings is 1. The quantitative estimate of drug-likeness (QED) is 0.654. The van der Waals surface area contributed by atoms with Crippen molar-refractivity contribution in [2.24, 2.45) is 0 Å². The number of carbonyl (C=O) groups is 2. The van der Waals surface area contributed by atoms with E-state index >= 15 is 0 Å². The van der Waals surface area contributed by atoms with Crippen molar-refractivity contribution in [1.29, 1.82) is 0 Å². The first-order valence-electron chi connectivity index (χ1n) is 10.6. The van der Waals surface area contributed by atoms with Crippen molar-refractivity contribution in [2.75, 3.05) is 32.8 Å². The Morgan fingerprint density at radius 2 is 2.23 bits per heavy atom. The van der Waals surface area contributed by atoms with Crippen molar-refractivity contribution in [3.05, 3.63) is 52.0 Å². The van der Waals surface area contributed by atoms with Crippen LogP contribution in [-0.2, 0) is 20.7 Å². The van der Waals surface area contributed by atoms with E-state index in [9.17, 15) is 14.0 Å². The van der Waals surface area contributed by atoms with Gasteiger partial charge in [-0.1, -0.05) is 6.07 Å². The maximum absolute atomic E-state index is 13.5. The highest BCUT2D eigenvalue weighted by Crippen LogP contribution is 2.34. The van der Waals surface area contributed by atoms with E-state index in [1.807, 2.05) is 11.4 Å². The number of nitrogens with zero attached hydrogens (tertiary/aromatic N) is 2. The summed E-state index contributed by atoms with van der Waals surface area (Å²) < 4.78 is 25.0. The molecule has 6 nitrogen and oxygen atoms in total. The first-order chi connectivity index (χ1) is 15.0. The van der Waals surface area contributed by atoms with Crippen LogP contribution in [0.15, 0.2) is 35.7 Å². The number of thiophene rings is 1. The van der Waals surface area contributed by atoms with Crippen LogP contribution in [0.3, 0.4) is 0 Å². The van der Waals surface area contributed by atoms with Gasteiger partial charge < -0.3 is 19.3 Å². The maximum Gasteiger partial charge on any atom is 0.242 e. The van der Waals surface area contributed by atoms with Crippen LogP contribution in [0.25, 0.3) is 0 Å². The molecular formula is C23H27FN2O4S. The molecule has 0 bridgehead atoms. The van der Waals surface area contributed by atoms with Crippen LogP contribution in [0, 0.1) is 5.82 Å². The van der Waals surface area contributed by atoms with Crippen LogP contribution in [0.1, 0.15) is 36.2 Å². The number of fused-ring (bicyclic) bond motifs is 1. The molecule has 2 aliphatic rings. The predicted octanol–water partition coefficient (Wildman–Crippen LogP) is 3.42. The zero-order chi connectivity index (χ0) is 21.8. The molecule has 1 aromatic heterocycles. The summed E-state index contributed by atoms with van der Waals surface area (Å²) in [6.45, 7) is 3.44. The third-order valence-corrected chi connectivity index (χ3v) is 6.84. The number of hydrogen-bond acceptors (Lipinski definition) is 5. The number of ether oxygens (including phenoxy) is 2. The summed E-state index contributed by atoms with van der Waals surface area (Å²) in [4.78, 5) is 30.0. The molecule has 31 heavy (non-hydrogen) atoms. The minimum atomic E-state index is -0.364. The number of amides is 2. The minimum Gasteiger partial charge on any atom is -0.491 e. The standard InChI is InChI=1S/C23H27FN2O4S/c1-16(27)25(13-19-6-3-10-29-19)14-23(28)26-9-7-22-20(8-11-31-22)21(26)15-30-18-5-2-4-17(24)12-18/h2,4-5,8,11-12,19,21H,3,6-7,9-10,13-15H2,1H3/t19-,21-/m0/s1. The average Bonchev–Trinajstić information content (AvgIpc) is 3.43. The highest BCUT2D eigenvalue weighted by atomic mass is 32.1. The highest BCUT2D eigenvalue weighted by molar-refractivity contribution is 7.10. The van der Waals surface area contributed by atoms with Gasteiger partial charge in [-0.25, -0.2) is 4.39 Å². The lowest BCUT2D eigenvalue weighted by Crippen LogP contribution is -2.48. The van der Waals surface area contributed by atoms with Gasteiger partial charge in [-0.3, -0.25) is 9.59 Å². The van der Waals surface area contributed by atoms with Crippen LogP contribution in [0.5, 0.6) is 5.75 Å². The lowest BCUT2D eigenvalue weighted by atomic mass is 10.0. The molecule has 0 aliphatic carbocycles. The minimum absolute atomic E-state index is 0.00589. The Bertz CT molecular complexity index is 928. The monoisotopic (exact) mass is 446 g/mol. The summed E-state index contributed by atoms with van der Waals surface area (Å²) in [5.41, 5.74) is 1.06. The fourth-order valence-corrected chi connectivity index (χ4v) is 5.13. The van der Waals surface area contributed by atoms with E-state index in [-0.39, 0.29) is 42.9 Å². The molecule has 2 atom stereocenters. The Hall–Kier alpha value is -2.45. The van der Waals surface area contributed by atoms with Gasteiger partial charge in [0, 0.05) is 37.6 Å². The van der Waals surface area contributed by atoms with E-state index in [1.165, 1.54) is 23.9 Å². The fourth-order valence-electron chi connectivity index (χ4n) is 4.20. The van der Waals surface area contributed by atoms with E-state index in [0.717, 1.165) is 24.8 Å². The maximum atomic E-state index is 13.5. The van der Waals surface area contributed by atoms with Crippen LogP contribution < -0.4 is 4.74 Å². The molecule has 2 amide bonds. The highest BCUT2D eigenvalue weighted by Gasteiger charge is 2.33. The molecule has 0 radical (unpaired) electrons. The molecule has 3 heterocycles. The van der Waals surface area contributed by atoms with Crippen LogP contribution in [0.2, 0.25) is 0 Å². The van der Waals surface area contributed by atoms with Gasteiger partial charge in [0.2, 0.25) is 11.8 Å². The second-order valence-corrected chi connectivity index (χ2v) is 8.96. The summed E-state index contributed by atoms with van der Waals surface area (Å²) in [6.07, 6.45) is 2.66. The van der Waals surface area contributed by atoms with Crippen molar-refractivity contribution in [2.45, 2.75) is 38.3 Å².